The van der Waals surface area contributed by atoms with E-state index in [2.05, 4.69) is 33.4 Å². The quantitative estimate of drug-likeness (QED) is 0.0113. The first-order chi connectivity index (χ1) is 68.2. The molecule has 2 fully saturated rings. The first kappa shape index (κ1) is 124. The number of amides is 2. The minimum absolute atomic E-state index is 0.0581. The molecule has 9 aromatic rings. The molecule has 2 saturated heterocycles. The molecule has 2 amide bonds. The SMILES string of the molecule is CC(C)C(=O)N(CC[C@@H]1C[C@H](CC(=O)OC(C)(C)C)OC(C)(C)O1)C(C(=O)O)c1ccc(F)cc1.CC(C)C(=O)N(CC[C@@H]1C[C@H](CC(=O)OC(C)(C)C)OC(C)(C)O1)C(C(=O)O)c1ccc(F)cc1.CN(Cc1ccccc1)S(=O)(=O)C#Cc1ccc(F)cc1.CN(Cc1ccccc1)S(=O)(=O)CC(=O)c1ccc(F)cc1.CN(Cc1ccccc1)S(C)(=O)=O.CNCc1ccccc1.COC(=O)c1ccc(F)cc1. The lowest BCUT2D eigenvalue weighted by Crippen LogP contribution is -2.48. The molecule has 11 rings (SSSR count). The lowest BCUT2D eigenvalue weighted by atomic mass is 10.00. The number of hydrogen-bond acceptors (Lipinski definition) is 22. The van der Waals surface area contributed by atoms with Gasteiger partial charge in [0.05, 0.1) is 56.2 Å². The van der Waals surface area contributed by atoms with Gasteiger partial charge in [0.25, 0.3) is 10.0 Å². The highest BCUT2D eigenvalue weighted by molar-refractivity contribution is 7.93. The van der Waals surface area contributed by atoms with Crippen LogP contribution in [0, 0.1) is 52.1 Å². The van der Waals surface area contributed by atoms with E-state index in [1.807, 2.05) is 116 Å². The van der Waals surface area contributed by atoms with Gasteiger partial charge in [0.15, 0.2) is 29.4 Å². The molecular weight excluding hydrogens is 1950 g/mol. The lowest BCUT2D eigenvalue weighted by molar-refractivity contribution is -0.301. The second kappa shape index (κ2) is 58.9. The van der Waals surface area contributed by atoms with Gasteiger partial charge in [-0.2, -0.15) is 12.7 Å². The molecule has 0 aromatic heterocycles. The topological polar surface area (TPSA) is 372 Å². The van der Waals surface area contributed by atoms with Crippen LogP contribution in [0.2, 0.25) is 0 Å². The highest BCUT2D eigenvalue weighted by atomic mass is 32.2. The van der Waals surface area contributed by atoms with Crippen molar-refractivity contribution in [2.75, 3.05) is 60.4 Å². The maximum atomic E-state index is 13.4. The Labute approximate surface area is 855 Å². The van der Waals surface area contributed by atoms with Gasteiger partial charge < -0.3 is 58.5 Å². The fourth-order valence-corrected chi connectivity index (χ4v) is 16.6. The molecule has 2 unspecified atom stereocenters. The van der Waals surface area contributed by atoms with Crippen LogP contribution in [0.4, 0.5) is 22.0 Å². The number of carbonyl (C=O) groups excluding carboxylic acids is 6. The number of methoxy groups -OCH3 is 1. The summed E-state index contributed by atoms with van der Waals surface area (Å²) in [5, 5.41) is 25.2. The van der Waals surface area contributed by atoms with Gasteiger partial charge in [-0.3, -0.25) is 24.0 Å². The van der Waals surface area contributed by atoms with Crippen molar-refractivity contribution in [2.24, 2.45) is 11.8 Å². The number of nitrogens with zero attached hydrogens (tertiary/aromatic N) is 5. The van der Waals surface area contributed by atoms with Crippen LogP contribution in [-0.4, -0.2) is 213 Å². The normalized spacial score (nSPS) is 15.7. The molecule has 6 atom stereocenters. The first-order valence-electron chi connectivity index (χ1n) is 46.9. The summed E-state index contributed by atoms with van der Waals surface area (Å²) in [7, 11) is -2.77. The Morgan fingerprint density at radius 2 is 0.753 bits per heavy atom. The molecule has 3 N–H and O–H groups in total. The Kier molecular flexibility index (Phi) is 50.1. The lowest BCUT2D eigenvalue weighted by Gasteiger charge is -2.41. The number of carboxylic acid groups (broad SMARTS) is 2. The number of carboxylic acids is 2. The maximum Gasteiger partial charge on any atom is 0.337 e. The summed E-state index contributed by atoms with van der Waals surface area (Å²) < 4.78 is 178. The number of halogens is 5. The Balaban J connectivity index is 0.000000314. The first-order valence-corrected chi connectivity index (χ1v) is 51.8. The molecule has 0 radical (unpaired) electrons. The minimum atomic E-state index is -3.73. The summed E-state index contributed by atoms with van der Waals surface area (Å²) >= 11 is 0. The molecule has 794 valence electrons. The molecule has 37 heteroatoms. The van der Waals surface area contributed by atoms with E-state index < -0.39 is 136 Å². The Morgan fingerprint density at radius 1 is 0.445 bits per heavy atom. The highest BCUT2D eigenvalue weighted by Gasteiger charge is 2.42. The highest BCUT2D eigenvalue weighted by Crippen LogP contribution is 2.35. The number of carbonyl (C=O) groups is 8. The third-order valence-electron chi connectivity index (χ3n) is 21.2. The molecule has 0 spiro atoms. The van der Waals surface area contributed by atoms with Crippen LogP contribution >= 0.6 is 0 Å². The number of ether oxygens (including phenoxy) is 7. The van der Waals surface area contributed by atoms with Gasteiger partial charge >= 0.3 is 29.8 Å². The van der Waals surface area contributed by atoms with E-state index in [1.165, 1.54) is 161 Å². The third-order valence-corrected chi connectivity index (χ3v) is 25.5. The molecule has 146 heavy (non-hydrogen) atoms. The van der Waals surface area contributed by atoms with Crippen LogP contribution in [0.25, 0.3) is 0 Å². The smallest absolute Gasteiger partial charge is 0.337 e. The Morgan fingerprint density at radius 3 is 1.07 bits per heavy atom. The number of esters is 3. The number of sulfonamides is 3. The van der Waals surface area contributed by atoms with Crippen molar-refractivity contribution >= 4 is 77.5 Å². The molecule has 0 aliphatic carbocycles. The summed E-state index contributed by atoms with van der Waals surface area (Å²) in [5.41, 5.74) is 4.43. The summed E-state index contributed by atoms with van der Waals surface area (Å²) in [6.45, 7) is 26.6. The fourth-order valence-electron chi connectivity index (χ4n) is 14.4. The van der Waals surface area contributed by atoms with E-state index in [4.69, 9.17) is 28.4 Å². The van der Waals surface area contributed by atoms with Gasteiger partial charge in [0.1, 0.15) is 46.0 Å². The monoisotopic (exact) mass is 2090 g/mol. The number of aliphatic carboxylic acids is 2. The summed E-state index contributed by atoms with van der Waals surface area (Å²) in [6.07, 6.45) is 1.12. The van der Waals surface area contributed by atoms with E-state index in [9.17, 15) is 95.8 Å². The number of benzene rings is 9. The summed E-state index contributed by atoms with van der Waals surface area (Å²) in [5.74, 6) is -7.97. The predicted octanol–water partition coefficient (Wildman–Crippen LogP) is 18.1. The molecule has 2 heterocycles. The van der Waals surface area contributed by atoms with Crippen LogP contribution in [-0.2, 0) is 118 Å². The van der Waals surface area contributed by atoms with Crippen molar-refractivity contribution in [3.8, 4) is 11.2 Å². The van der Waals surface area contributed by atoms with Gasteiger partial charge in [-0.25, -0.2) is 61.8 Å². The van der Waals surface area contributed by atoms with Crippen molar-refractivity contribution in [1.82, 2.24) is 28.0 Å². The standard InChI is InChI=1S/2C26H38FNO7.C16H16FNO3S.C16H14FNO2S.C9H13NO2S.C8H7FO2.C8H11N/c2*1-16(2)23(30)28(22(24(31)32)17-8-10-18(27)11-9-17)13-12-19-14-20(34-26(6,7)33-19)15-21(29)35-25(3,4)5;1-18(11-13-5-3-2-4-6-13)22(20,21)12-16(19)14-7-9-15(17)10-8-14;1-18(13-15-5-3-2-4-6-15)21(19,20)12-11-14-7-9-16(17)10-8-14;1-10(13(2,11)12)8-9-6-4-3-5-7-9;1-11-8(10)6-2-4-7(9)5-3-6;1-9-7-8-5-3-2-4-6-8/h2*8-11,16,19-20,22H,12-15H2,1-7H3,(H,31,32);2-10H,11-12H2,1H3;2-10H,13H2,1H3;3-7H,8H2,1-2H3;2-5H,1H3;2-6,9H,7H2,1H3/t2*19-,20-,22?;;;;;/m11...../s1. The van der Waals surface area contributed by atoms with Crippen molar-refractivity contribution in [3.05, 3.63) is 322 Å². The van der Waals surface area contributed by atoms with Gasteiger partial charge in [-0.1, -0.05) is 173 Å². The van der Waals surface area contributed by atoms with Crippen molar-refractivity contribution in [2.45, 2.75) is 221 Å². The minimum Gasteiger partial charge on any atom is -0.479 e. The number of hydrogen-bond donors (Lipinski definition) is 3. The van der Waals surface area contributed by atoms with Gasteiger partial charge in [-0.15, -0.1) is 0 Å². The molecule has 0 bridgehead atoms. The van der Waals surface area contributed by atoms with Crippen molar-refractivity contribution < 1.29 is 129 Å². The van der Waals surface area contributed by atoms with E-state index in [0.29, 0.717) is 54.5 Å². The number of ketones is 1. The van der Waals surface area contributed by atoms with E-state index in [1.54, 1.807) is 104 Å². The summed E-state index contributed by atoms with van der Waals surface area (Å²) in [4.78, 5) is 101. The second-order valence-corrected chi connectivity index (χ2v) is 43.7. The number of Topliss-reactive ketones (excluding diaryl/α,β-unsaturated/α-hetero) is 1. The van der Waals surface area contributed by atoms with E-state index in [-0.39, 0.29) is 92.2 Å². The van der Waals surface area contributed by atoms with Crippen molar-refractivity contribution in [3.63, 3.8) is 0 Å². The molecular formula is C109H137F5N6O23S3. The zero-order chi connectivity index (χ0) is 109. The molecule has 2 aliphatic heterocycles. The van der Waals surface area contributed by atoms with Crippen LogP contribution < -0.4 is 5.32 Å². The number of nitrogens with one attached hydrogen (secondary N) is 1. The van der Waals surface area contributed by atoms with Gasteiger partial charge in [0, 0.05) is 101 Å². The van der Waals surface area contributed by atoms with E-state index >= 15 is 0 Å². The van der Waals surface area contributed by atoms with Crippen LogP contribution in [0.1, 0.15) is 207 Å². The van der Waals surface area contributed by atoms with Crippen LogP contribution in [0.15, 0.2) is 243 Å². The van der Waals surface area contributed by atoms with Crippen LogP contribution in [0.5, 0.6) is 0 Å². The van der Waals surface area contributed by atoms with Crippen molar-refractivity contribution in [1.29, 1.82) is 0 Å². The second-order valence-electron chi connectivity index (χ2n) is 37.8. The van der Waals surface area contributed by atoms with Crippen LogP contribution in [0.3, 0.4) is 0 Å². The average Bonchev–Trinajstić information content (AvgIpc) is 0.807. The Hall–Kier alpha value is -12.3. The van der Waals surface area contributed by atoms with Gasteiger partial charge in [-0.05, 0) is 225 Å². The summed E-state index contributed by atoms with van der Waals surface area (Å²) in [6, 6.07) is 61.2. The molecule has 9 aromatic carbocycles. The third kappa shape index (κ3) is 46.6. The number of rotatable bonds is 33. The molecule has 29 nitrogen and oxygen atoms in total. The predicted molar refractivity (Wildman–Crippen MR) is 546 cm³/mol. The average molecular weight is 2090 g/mol. The zero-order valence-electron chi connectivity index (χ0n) is 86.2. The largest absolute Gasteiger partial charge is 0.479 e. The molecule has 2 aliphatic rings. The maximum absolute atomic E-state index is 13.4. The van der Waals surface area contributed by atoms with Gasteiger partial charge in [0.2, 0.25) is 31.9 Å². The van der Waals surface area contributed by atoms with E-state index in [0.717, 1.165) is 39.7 Å². The molecule has 0 saturated carbocycles. The Bertz CT molecular complexity index is 5900. The zero-order valence-corrected chi connectivity index (χ0v) is 88.7. The fraction of sp³-hybridized carbons (Fsp3) is 0.413.